The van der Waals surface area contributed by atoms with Gasteiger partial charge in [0.2, 0.25) is 0 Å². The van der Waals surface area contributed by atoms with E-state index >= 15 is 0 Å². The van der Waals surface area contributed by atoms with E-state index < -0.39 is 0 Å². The van der Waals surface area contributed by atoms with Crippen molar-refractivity contribution in [2.24, 2.45) is 0 Å². The molecule has 4 nitrogen and oxygen atoms in total. The van der Waals surface area contributed by atoms with Crippen LogP contribution in [0.2, 0.25) is 0 Å². The van der Waals surface area contributed by atoms with Gasteiger partial charge in [0.15, 0.2) is 0 Å². The van der Waals surface area contributed by atoms with E-state index in [0.29, 0.717) is 5.69 Å². The molecule has 0 unspecified atom stereocenters. The summed E-state index contributed by atoms with van der Waals surface area (Å²) >= 11 is 1.41. The third-order valence-corrected chi connectivity index (χ3v) is 2.87. The molecule has 1 heterocycles. The fourth-order valence-corrected chi connectivity index (χ4v) is 1.91. The molecule has 1 aromatic carbocycles. The molecule has 1 aromatic heterocycles. The molecule has 0 aliphatic carbocycles. The minimum Gasteiger partial charge on any atom is -0.378 e. The van der Waals surface area contributed by atoms with Gasteiger partial charge in [0, 0.05) is 30.9 Å². The molecular formula is C12H13N3OS. The number of anilines is 2. The average molecular weight is 247 g/mol. The van der Waals surface area contributed by atoms with Crippen molar-refractivity contribution in [2.45, 2.75) is 0 Å². The number of aromatic nitrogens is 1. The second-order valence-electron chi connectivity index (χ2n) is 3.77. The molecule has 2 aromatic rings. The third-order valence-electron chi connectivity index (χ3n) is 2.29. The fraction of sp³-hybridized carbons (Fsp3) is 0.167. The predicted octanol–water partition coefficient (Wildman–Crippen LogP) is 2.46. The molecule has 0 saturated carbocycles. The Morgan fingerprint density at radius 2 is 2.24 bits per heavy atom. The molecule has 1 N–H and O–H groups in total. The van der Waals surface area contributed by atoms with Crippen molar-refractivity contribution >= 4 is 28.6 Å². The highest BCUT2D eigenvalue weighted by Gasteiger charge is 2.08. The van der Waals surface area contributed by atoms with Crippen LogP contribution in [0.1, 0.15) is 10.5 Å². The lowest BCUT2D eigenvalue weighted by atomic mass is 10.2. The van der Waals surface area contributed by atoms with Gasteiger partial charge in [0.1, 0.15) is 5.69 Å². The van der Waals surface area contributed by atoms with Crippen molar-refractivity contribution < 1.29 is 4.79 Å². The van der Waals surface area contributed by atoms with Crippen LogP contribution in [0.25, 0.3) is 0 Å². The predicted molar refractivity (Wildman–Crippen MR) is 70.8 cm³/mol. The van der Waals surface area contributed by atoms with Gasteiger partial charge in [-0.25, -0.2) is 4.98 Å². The molecule has 0 saturated heterocycles. The highest BCUT2D eigenvalue weighted by atomic mass is 32.1. The van der Waals surface area contributed by atoms with Gasteiger partial charge >= 0.3 is 0 Å². The summed E-state index contributed by atoms with van der Waals surface area (Å²) < 4.78 is 0. The first kappa shape index (κ1) is 11.6. The van der Waals surface area contributed by atoms with E-state index in [1.807, 2.05) is 43.3 Å². The van der Waals surface area contributed by atoms with E-state index in [9.17, 15) is 4.79 Å². The van der Waals surface area contributed by atoms with E-state index in [2.05, 4.69) is 10.3 Å². The van der Waals surface area contributed by atoms with Gasteiger partial charge < -0.3 is 10.2 Å². The molecular weight excluding hydrogens is 234 g/mol. The Balaban J connectivity index is 2.14. The molecule has 0 radical (unpaired) electrons. The zero-order valence-electron chi connectivity index (χ0n) is 9.68. The fourth-order valence-electron chi connectivity index (χ4n) is 1.38. The van der Waals surface area contributed by atoms with E-state index in [1.165, 1.54) is 11.3 Å². The molecule has 0 aliphatic rings. The van der Waals surface area contributed by atoms with Gasteiger partial charge in [-0.2, -0.15) is 0 Å². The van der Waals surface area contributed by atoms with Gasteiger partial charge in [-0.3, -0.25) is 4.79 Å². The Morgan fingerprint density at radius 3 is 2.88 bits per heavy atom. The molecule has 2 rings (SSSR count). The van der Waals surface area contributed by atoms with Gasteiger partial charge in [0.05, 0.1) is 5.51 Å². The molecule has 0 fully saturated rings. The third kappa shape index (κ3) is 2.82. The zero-order valence-corrected chi connectivity index (χ0v) is 10.5. The number of carbonyl (C=O) groups is 1. The summed E-state index contributed by atoms with van der Waals surface area (Å²) in [5, 5.41) is 4.55. The second kappa shape index (κ2) is 4.97. The molecule has 17 heavy (non-hydrogen) atoms. The van der Waals surface area contributed by atoms with Gasteiger partial charge in [0.25, 0.3) is 5.91 Å². The Hall–Kier alpha value is -1.88. The molecule has 1 amide bonds. The Morgan fingerprint density at radius 1 is 1.41 bits per heavy atom. The average Bonchev–Trinajstić information content (AvgIpc) is 2.82. The monoisotopic (exact) mass is 247 g/mol. The van der Waals surface area contributed by atoms with Crippen molar-refractivity contribution in [1.82, 2.24) is 4.98 Å². The Labute approximate surface area is 104 Å². The number of nitrogens with one attached hydrogen (secondary N) is 1. The van der Waals surface area contributed by atoms with Crippen molar-refractivity contribution in [3.63, 3.8) is 0 Å². The van der Waals surface area contributed by atoms with Crippen LogP contribution in [0.3, 0.4) is 0 Å². The minimum atomic E-state index is -0.179. The van der Waals surface area contributed by atoms with Crippen LogP contribution in [-0.2, 0) is 0 Å². The largest absolute Gasteiger partial charge is 0.378 e. The van der Waals surface area contributed by atoms with Crippen molar-refractivity contribution in [1.29, 1.82) is 0 Å². The number of carbonyl (C=O) groups excluding carboxylic acids is 1. The van der Waals surface area contributed by atoms with Crippen LogP contribution >= 0.6 is 11.3 Å². The Kier molecular flexibility index (Phi) is 3.39. The van der Waals surface area contributed by atoms with E-state index in [1.54, 1.807) is 10.9 Å². The number of nitrogens with zero attached hydrogens (tertiary/aromatic N) is 2. The summed E-state index contributed by atoms with van der Waals surface area (Å²) in [7, 11) is 3.92. The molecule has 88 valence electrons. The van der Waals surface area contributed by atoms with Crippen molar-refractivity contribution in [3.05, 3.63) is 40.8 Å². The SMILES string of the molecule is CN(C)c1cccc(NC(=O)c2cscn2)c1. The number of hydrogen-bond donors (Lipinski definition) is 1. The standard InChI is InChI=1S/C12H13N3OS/c1-15(2)10-5-3-4-9(6-10)14-12(16)11-7-17-8-13-11/h3-8H,1-2H3,(H,14,16). The summed E-state index contributed by atoms with van der Waals surface area (Å²) in [6.07, 6.45) is 0. The topological polar surface area (TPSA) is 45.2 Å². The van der Waals surface area contributed by atoms with Gasteiger partial charge in [-0.05, 0) is 18.2 Å². The highest BCUT2D eigenvalue weighted by molar-refractivity contribution is 7.07. The molecule has 0 atom stereocenters. The normalized spacial score (nSPS) is 10.0. The van der Waals surface area contributed by atoms with Crippen LogP contribution < -0.4 is 10.2 Å². The lowest BCUT2D eigenvalue weighted by Crippen LogP contribution is -2.13. The maximum Gasteiger partial charge on any atom is 0.275 e. The molecule has 0 aliphatic heterocycles. The first-order valence-corrected chi connectivity index (χ1v) is 6.08. The van der Waals surface area contributed by atoms with Crippen molar-refractivity contribution in [2.75, 3.05) is 24.3 Å². The first-order valence-electron chi connectivity index (χ1n) is 5.14. The van der Waals surface area contributed by atoms with Gasteiger partial charge in [-0.15, -0.1) is 11.3 Å². The number of thiazole rings is 1. The number of hydrogen-bond acceptors (Lipinski definition) is 4. The van der Waals surface area contributed by atoms with E-state index in [-0.39, 0.29) is 5.91 Å². The van der Waals surface area contributed by atoms with Crippen LogP contribution in [-0.4, -0.2) is 25.0 Å². The number of benzene rings is 1. The number of rotatable bonds is 3. The molecule has 0 bridgehead atoms. The van der Waals surface area contributed by atoms with Crippen LogP contribution in [0.4, 0.5) is 11.4 Å². The number of amides is 1. The van der Waals surface area contributed by atoms with Gasteiger partial charge in [-0.1, -0.05) is 6.07 Å². The lowest BCUT2D eigenvalue weighted by Gasteiger charge is -2.13. The quantitative estimate of drug-likeness (QED) is 0.906. The van der Waals surface area contributed by atoms with Crippen LogP contribution in [0, 0.1) is 0 Å². The molecule has 0 spiro atoms. The summed E-state index contributed by atoms with van der Waals surface area (Å²) in [5.74, 6) is -0.179. The second-order valence-corrected chi connectivity index (χ2v) is 4.49. The smallest absolute Gasteiger partial charge is 0.275 e. The maximum absolute atomic E-state index is 11.8. The van der Waals surface area contributed by atoms with Crippen LogP contribution in [0.5, 0.6) is 0 Å². The van der Waals surface area contributed by atoms with E-state index in [0.717, 1.165) is 11.4 Å². The summed E-state index contributed by atoms with van der Waals surface area (Å²) in [6.45, 7) is 0. The minimum absolute atomic E-state index is 0.179. The first-order chi connectivity index (χ1) is 8.16. The van der Waals surface area contributed by atoms with Crippen molar-refractivity contribution in [3.8, 4) is 0 Å². The maximum atomic E-state index is 11.8. The van der Waals surface area contributed by atoms with E-state index in [4.69, 9.17) is 0 Å². The van der Waals surface area contributed by atoms with Crippen LogP contribution in [0.15, 0.2) is 35.2 Å². The Bertz CT molecular complexity index is 508. The lowest BCUT2D eigenvalue weighted by molar-refractivity contribution is 0.102. The summed E-state index contributed by atoms with van der Waals surface area (Å²) in [5.41, 5.74) is 3.91. The summed E-state index contributed by atoms with van der Waals surface area (Å²) in [6, 6.07) is 7.67. The zero-order chi connectivity index (χ0) is 12.3. The molecule has 5 heteroatoms. The highest BCUT2D eigenvalue weighted by Crippen LogP contribution is 2.17. The summed E-state index contributed by atoms with van der Waals surface area (Å²) in [4.78, 5) is 17.7.